The molecule has 8 nitrogen and oxygen atoms in total. The molecule has 0 fully saturated rings. The van der Waals surface area contributed by atoms with Crippen LogP contribution in [0.4, 0.5) is 0 Å². The molecule has 0 aliphatic rings. The van der Waals surface area contributed by atoms with Crippen LogP contribution in [0.15, 0.2) is 36.5 Å². The predicted octanol–water partition coefficient (Wildman–Crippen LogP) is 10.4. The molecule has 0 saturated carbocycles. The topological polar surface area (TPSA) is 94.1 Å². The molecule has 0 radical (unpaired) electrons. The number of esters is 1. The predicted molar refractivity (Wildman–Crippen MR) is 203 cm³/mol. The third kappa shape index (κ3) is 37.8. The number of ether oxygens (including phenoxy) is 2. The van der Waals surface area contributed by atoms with Gasteiger partial charge in [-0.05, 0) is 44.9 Å². The number of likely N-dealkylation sites (N-methyl/N-ethyl adjacent to an activating group) is 1. The molecule has 9 heteroatoms. The lowest BCUT2D eigenvalue weighted by atomic mass is 10.1. The van der Waals surface area contributed by atoms with Gasteiger partial charge in [0.1, 0.15) is 19.3 Å². The van der Waals surface area contributed by atoms with E-state index in [1.54, 1.807) is 0 Å². The molecule has 49 heavy (non-hydrogen) atoms. The number of carbonyl (C=O) groups excluding carboxylic acids is 1. The third-order valence-corrected chi connectivity index (χ3v) is 9.17. The van der Waals surface area contributed by atoms with Gasteiger partial charge in [-0.1, -0.05) is 140 Å². The average Bonchev–Trinajstić information content (AvgIpc) is 3.04. The number of carbonyl (C=O) groups is 1. The van der Waals surface area contributed by atoms with Crippen LogP contribution in [0.3, 0.4) is 0 Å². The molecule has 0 N–H and O–H groups in total. The van der Waals surface area contributed by atoms with Crippen molar-refractivity contribution in [3.63, 3.8) is 0 Å². The maximum atomic E-state index is 12.6. The lowest BCUT2D eigenvalue weighted by Gasteiger charge is -2.28. The Hall–Kier alpha value is -1.28. The standard InChI is InChI=1S/C40H76NO7P/c1-6-8-10-12-14-16-17-18-19-20-21-22-23-24-26-28-30-32-35-45-37-39(38-47-49(43,44)46-36-34-41(3,4)5)48-40(42)33-31-29-27-25-15-13-11-9-7-2/h8,10,14,16,18-19,39H,6-7,9,11-13,15,17,20-38H2,1-5H3/b10-8-,16-14-,19-18-. The highest BCUT2D eigenvalue weighted by Crippen LogP contribution is 2.38. The molecular weight excluding hydrogens is 637 g/mol. The first-order chi connectivity index (χ1) is 23.6. The number of nitrogens with zero attached hydrogens (tertiary/aromatic N) is 1. The molecule has 0 aliphatic carbocycles. The Labute approximate surface area is 302 Å². The van der Waals surface area contributed by atoms with Gasteiger partial charge in [-0.25, -0.2) is 0 Å². The first-order valence-electron chi connectivity index (χ1n) is 19.7. The van der Waals surface area contributed by atoms with E-state index in [0.717, 1.165) is 57.8 Å². The molecule has 0 spiro atoms. The number of rotatable bonds is 36. The molecule has 288 valence electrons. The van der Waals surface area contributed by atoms with Gasteiger partial charge in [-0.15, -0.1) is 0 Å². The second-order valence-electron chi connectivity index (χ2n) is 14.3. The van der Waals surface area contributed by atoms with Crippen molar-refractivity contribution >= 4 is 13.8 Å². The van der Waals surface area contributed by atoms with Gasteiger partial charge in [0.25, 0.3) is 7.82 Å². The summed E-state index contributed by atoms with van der Waals surface area (Å²) in [6.45, 7) is 5.26. The van der Waals surface area contributed by atoms with Crippen LogP contribution in [0, 0.1) is 0 Å². The highest BCUT2D eigenvalue weighted by molar-refractivity contribution is 7.45. The van der Waals surface area contributed by atoms with Gasteiger partial charge in [0.2, 0.25) is 0 Å². The molecule has 2 atom stereocenters. The number of allylic oxidation sites excluding steroid dienone is 6. The van der Waals surface area contributed by atoms with E-state index < -0.39 is 13.9 Å². The van der Waals surface area contributed by atoms with Crippen LogP contribution in [0.25, 0.3) is 0 Å². The largest absolute Gasteiger partial charge is 0.756 e. The normalized spacial score (nSPS) is 14.3. The summed E-state index contributed by atoms with van der Waals surface area (Å²) in [5.41, 5.74) is 0. The second kappa shape index (κ2) is 33.8. The van der Waals surface area contributed by atoms with E-state index >= 15 is 0 Å². The summed E-state index contributed by atoms with van der Waals surface area (Å²) in [6.07, 6.45) is 37.3. The van der Waals surface area contributed by atoms with Crippen molar-refractivity contribution in [2.75, 3.05) is 54.1 Å². The van der Waals surface area contributed by atoms with Crippen molar-refractivity contribution in [3.8, 4) is 0 Å². The summed E-state index contributed by atoms with van der Waals surface area (Å²) in [4.78, 5) is 24.9. The molecule has 0 saturated heterocycles. The van der Waals surface area contributed by atoms with E-state index in [1.807, 2.05) is 21.1 Å². The van der Waals surface area contributed by atoms with Crippen LogP contribution in [0.1, 0.15) is 155 Å². The Morgan fingerprint density at radius 2 is 1.18 bits per heavy atom. The van der Waals surface area contributed by atoms with Gasteiger partial charge in [-0.2, -0.15) is 0 Å². The molecule has 0 bridgehead atoms. The van der Waals surface area contributed by atoms with Gasteiger partial charge >= 0.3 is 5.97 Å². The van der Waals surface area contributed by atoms with E-state index in [1.165, 1.54) is 77.0 Å². The Balaban J connectivity index is 4.22. The smallest absolute Gasteiger partial charge is 0.306 e. The third-order valence-electron chi connectivity index (χ3n) is 8.21. The molecule has 0 aromatic rings. The van der Waals surface area contributed by atoms with Crippen LogP contribution in [-0.2, 0) is 27.9 Å². The minimum absolute atomic E-state index is 0.0248. The SMILES string of the molecule is CC/C=C\C/C=C\C/C=C\CCCCCCCCCCOCC(COP(=O)([O-])OCC[N+](C)(C)C)OC(=O)CCCCCCCCCCC. The van der Waals surface area contributed by atoms with E-state index in [9.17, 15) is 14.3 Å². The van der Waals surface area contributed by atoms with Gasteiger partial charge in [0, 0.05) is 13.0 Å². The van der Waals surface area contributed by atoms with E-state index in [2.05, 4.69) is 50.3 Å². The fourth-order valence-electron chi connectivity index (χ4n) is 5.15. The number of hydrogen-bond acceptors (Lipinski definition) is 7. The molecule has 0 aromatic carbocycles. The van der Waals surface area contributed by atoms with Crippen molar-refractivity contribution in [3.05, 3.63) is 36.5 Å². The van der Waals surface area contributed by atoms with E-state index in [0.29, 0.717) is 24.1 Å². The van der Waals surface area contributed by atoms with Crippen LogP contribution < -0.4 is 4.89 Å². The zero-order valence-electron chi connectivity index (χ0n) is 32.4. The summed E-state index contributed by atoms with van der Waals surface area (Å²) < 4.78 is 34.4. The first kappa shape index (κ1) is 47.7. The zero-order chi connectivity index (χ0) is 36.3. The second-order valence-corrected chi connectivity index (χ2v) is 15.7. The number of quaternary nitrogens is 1. The van der Waals surface area contributed by atoms with Gasteiger partial charge < -0.3 is 27.9 Å². The van der Waals surface area contributed by atoms with Crippen molar-refractivity contribution in [2.24, 2.45) is 0 Å². The van der Waals surface area contributed by atoms with Crippen molar-refractivity contribution < 1.29 is 37.3 Å². The molecule has 0 rings (SSSR count). The number of phosphoric ester groups is 1. The highest BCUT2D eigenvalue weighted by Gasteiger charge is 2.20. The lowest BCUT2D eigenvalue weighted by Crippen LogP contribution is -2.37. The summed E-state index contributed by atoms with van der Waals surface area (Å²) in [6, 6.07) is 0. The Kier molecular flexibility index (Phi) is 33.0. The summed E-state index contributed by atoms with van der Waals surface area (Å²) in [5.74, 6) is -0.342. The van der Waals surface area contributed by atoms with Crippen molar-refractivity contribution in [1.82, 2.24) is 0 Å². The molecule has 0 heterocycles. The van der Waals surface area contributed by atoms with Crippen LogP contribution in [-0.4, -0.2) is 70.7 Å². The molecular formula is C40H76NO7P. The Morgan fingerprint density at radius 3 is 1.78 bits per heavy atom. The average molecular weight is 714 g/mol. The van der Waals surface area contributed by atoms with E-state index in [4.69, 9.17) is 18.5 Å². The molecule has 0 amide bonds. The maximum absolute atomic E-state index is 12.6. The van der Waals surface area contributed by atoms with Crippen LogP contribution in [0.5, 0.6) is 0 Å². The molecule has 0 aliphatic heterocycles. The number of phosphoric acid groups is 1. The van der Waals surface area contributed by atoms with Crippen LogP contribution >= 0.6 is 7.82 Å². The number of unbranched alkanes of at least 4 members (excludes halogenated alkanes) is 16. The summed E-state index contributed by atoms with van der Waals surface area (Å²) in [5, 5.41) is 0. The van der Waals surface area contributed by atoms with Gasteiger partial charge in [0.05, 0.1) is 34.4 Å². The summed E-state index contributed by atoms with van der Waals surface area (Å²) in [7, 11) is 1.35. The first-order valence-corrected chi connectivity index (χ1v) is 21.2. The lowest BCUT2D eigenvalue weighted by molar-refractivity contribution is -0.870. The highest BCUT2D eigenvalue weighted by atomic mass is 31.2. The quantitative estimate of drug-likeness (QED) is 0.0210. The molecule has 0 aromatic heterocycles. The summed E-state index contributed by atoms with van der Waals surface area (Å²) >= 11 is 0. The monoisotopic (exact) mass is 714 g/mol. The van der Waals surface area contributed by atoms with Crippen molar-refractivity contribution in [1.29, 1.82) is 0 Å². The minimum Gasteiger partial charge on any atom is -0.756 e. The minimum atomic E-state index is -4.51. The fourth-order valence-corrected chi connectivity index (χ4v) is 5.88. The van der Waals surface area contributed by atoms with Gasteiger partial charge in [-0.3, -0.25) is 9.36 Å². The van der Waals surface area contributed by atoms with Crippen molar-refractivity contribution in [2.45, 2.75) is 161 Å². The van der Waals surface area contributed by atoms with E-state index in [-0.39, 0.29) is 25.8 Å². The zero-order valence-corrected chi connectivity index (χ0v) is 33.3. The van der Waals surface area contributed by atoms with Crippen LogP contribution in [0.2, 0.25) is 0 Å². The number of hydrogen-bond donors (Lipinski definition) is 0. The fraction of sp³-hybridized carbons (Fsp3) is 0.825. The Bertz CT molecular complexity index is 884. The Morgan fingerprint density at radius 1 is 0.653 bits per heavy atom. The van der Waals surface area contributed by atoms with Gasteiger partial charge in [0.15, 0.2) is 0 Å². The maximum Gasteiger partial charge on any atom is 0.306 e. The molecule has 2 unspecified atom stereocenters.